The van der Waals surface area contributed by atoms with Crippen LogP contribution in [0, 0.1) is 6.92 Å². The first-order valence-corrected chi connectivity index (χ1v) is 7.15. The SMILES string of the molecule is Cc1ccc(CN(C)C(=O)NC[C@@H](C)Oc2cccnc2)o1. The van der Waals surface area contributed by atoms with Crippen LogP contribution in [-0.4, -0.2) is 35.6 Å². The number of furan rings is 1. The molecule has 0 aromatic carbocycles. The second-order valence-corrected chi connectivity index (χ2v) is 5.17. The summed E-state index contributed by atoms with van der Waals surface area (Å²) in [5, 5.41) is 2.83. The summed E-state index contributed by atoms with van der Waals surface area (Å²) in [5.41, 5.74) is 0. The number of nitrogens with zero attached hydrogens (tertiary/aromatic N) is 2. The van der Waals surface area contributed by atoms with Gasteiger partial charge in [0, 0.05) is 13.2 Å². The van der Waals surface area contributed by atoms with Gasteiger partial charge in [-0.15, -0.1) is 0 Å². The van der Waals surface area contributed by atoms with Crippen LogP contribution >= 0.6 is 0 Å². The minimum atomic E-state index is -0.171. The molecule has 118 valence electrons. The van der Waals surface area contributed by atoms with Crippen LogP contribution < -0.4 is 10.1 Å². The van der Waals surface area contributed by atoms with Crippen LogP contribution in [0.3, 0.4) is 0 Å². The summed E-state index contributed by atoms with van der Waals surface area (Å²) in [7, 11) is 1.72. The van der Waals surface area contributed by atoms with Crippen molar-refractivity contribution in [3.63, 3.8) is 0 Å². The minimum absolute atomic E-state index is 0.146. The van der Waals surface area contributed by atoms with Crippen LogP contribution in [-0.2, 0) is 6.54 Å². The van der Waals surface area contributed by atoms with Gasteiger partial charge in [0.25, 0.3) is 0 Å². The third-order valence-electron chi connectivity index (χ3n) is 3.05. The van der Waals surface area contributed by atoms with Crippen LogP contribution in [0.15, 0.2) is 41.1 Å². The topological polar surface area (TPSA) is 67.6 Å². The molecule has 0 fully saturated rings. The van der Waals surface area contributed by atoms with Crippen LogP contribution in [0.2, 0.25) is 0 Å². The fourth-order valence-corrected chi connectivity index (χ4v) is 1.93. The van der Waals surface area contributed by atoms with E-state index in [1.807, 2.05) is 32.0 Å². The van der Waals surface area contributed by atoms with Crippen molar-refractivity contribution in [1.82, 2.24) is 15.2 Å². The van der Waals surface area contributed by atoms with Crippen molar-refractivity contribution in [1.29, 1.82) is 0 Å². The second-order valence-electron chi connectivity index (χ2n) is 5.17. The van der Waals surface area contributed by atoms with Crippen molar-refractivity contribution in [3.8, 4) is 5.75 Å². The molecule has 6 nitrogen and oxygen atoms in total. The number of carbonyl (C=O) groups is 1. The molecule has 0 unspecified atom stereocenters. The number of urea groups is 1. The van der Waals surface area contributed by atoms with Gasteiger partial charge < -0.3 is 19.4 Å². The fourth-order valence-electron chi connectivity index (χ4n) is 1.93. The number of aryl methyl sites for hydroxylation is 1. The van der Waals surface area contributed by atoms with Crippen LogP contribution in [0.4, 0.5) is 4.79 Å². The summed E-state index contributed by atoms with van der Waals surface area (Å²) in [4.78, 5) is 17.6. The molecule has 2 aromatic heterocycles. The Bertz CT molecular complexity index is 598. The molecule has 22 heavy (non-hydrogen) atoms. The maximum atomic E-state index is 12.0. The van der Waals surface area contributed by atoms with E-state index in [-0.39, 0.29) is 12.1 Å². The van der Waals surface area contributed by atoms with E-state index in [0.717, 1.165) is 11.5 Å². The summed E-state index contributed by atoms with van der Waals surface area (Å²) < 4.78 is 11.1. The Morgan fingerprint density at radius 1 is 1.45 bits per heavy atom. The molecule has 2 rings (SSSR count). The molecule has 2 heterocycles. The molecule has 2 amide bonds. The molecular formula is C16H21N3O3. The van der Waals surface area contributed by atoms with Gasteiger partial charge >= 0.3 is 6.03 Å². The Morgan fingerprint density at radius 2 is 2.27 bits per heavy atom. The number of ether oxygens (including phenoxy) is 1. The van der Waals surface area contributed by atoms with E-state index in [1.54, 1.807) is 30.4 Å². The third kappa shape index (κ3) is 4.80. The van der Waals surface area contributed by atoms with E-state index in [4.69, 9.17) is 9.15 Å². The molecular weight excluding hydrogens is 282 g/mol. The Balaban J connectivity index is 1.74. The average Bonchev–Trinajstić information content (AvgIpc) is 2.91. The lowest BCUT2D eigenvalue weighted by Crippen LogP contribution is -2.41. The maximum absolute atomic E-state index is 12.0. The number of hydrogen-bond acceptors (Lipinski definition) is 4. The Kier molecular flexibility index (Phi) is 5.41. The lowest BCUT2D eigenvalue weighted by molar-refractivity contribution is 0.185. The molecule has 0 saturated heterocycles. The van der Waals surface area contributed by atoms with Gasteiger partial charge in [-0.1, -0.05) is 0 Å². The third-order valence-corrected chi connectivity index (χ3v) is 3.05. The highest BCUT2D eigenvalue weighted by Gasteiger charge is 2.12. The Labute approximate surface area is 130 Å². The molecule has 2 aromatic rings. The smallest absolute Gasteiger partial charge is 0.317 e. The molecule has 0 radical (unpaired) electrons. The first kappa shape index (κ1) is 15.9. The summed E-state index contributed by atoms with van der Waals surface area (Å²) in [6, 6.07) is 7.21. The maximum Gasteiger partial charge on any atom is 0.317 e. The molecule has 0 aliphatic carbocycles. The lowest BCUT2D eigenvalue weighted by atomic mass is 10.4. The van der Waals surface area contributed by atoms with Gasteiger partial charge in [0.1, 0.15) is 23.4 Å². The van der Waals surface area contributed by atoms with Gasteiger partial charge in [0.2, 0.25) is 0 Å². The van der Waals surface area contributed by atoms with Crippen molar-refractivity contribution in [2.24, 2.45) is 0 Å². The van der Waals surface area contributed by atoms with Crippen molar-refractivity contribution in [2.45, 2.75) is 26.5 Å². The van der Waals surface area contributed by atoms with Crippen LogP contribution in [0.5, 0.6) is 5.75 Å². The molecule has 1 atom stereocenters. The number of pyridine rings is 1. The zero-order valence-electron chi connectivity index (χ0n) is 13.1. The van der Waals surface area contributed by atoms with Crippen molar-refractivity contribution < 1.29 is 13.9 Å². The van der Waals surface area contributed by atoms with E-state index >= 15 is 0 Å². The monoisotopic (exact) mass is 303 g/mol. The average molecular weight is 303 g/mol. The molecule has 0 aliphatic rings. The zero-order chi connectivity index (χ0) is 15.9. The van der Waals surface area contributed by atoms with E-state index in [1.165, 1.54) is 0 Å². The fraction of sp³-hybridized carbons (Fsp3) is 0.375. The van der Waals surface area contributed by atoms with E-state index in [9.17, 15) is 4.79 Å². The van der Waals surface area contributed by atoms with Gasteiger partial charge in [-0.3, -0.25) is 4.98 Å². The molecule has 0 aliphatic heterocycles. The molecule has 0 spiro atoms. The first-order valence-electron chi connectivity index (χ1n) is 7.15. The lowest BCUT2D eigenvalue weighted by Gasteiger charge is -2.19. The minimum Gasteiger partial charge on any atom is -0.487 e. The highest BCUT2D eigenvalue weighted by atomic mass is 16.5. The number of aromatic nitrogens is 1. The molecule has 1 N–H and O–H groups in total. The van der Waals surface area contributed by atoms with Gasteiger partial charge in [-0.05, 0) is 38.1 Å². The number of nitrogens with one attached hydrogen (secondary N) is 1. The van der Waals surface area contributed by atoms with E-state index in [0.29, 0.717) is 18.8 Å². The zero-order valence-corrected chi connectivity index (χ0v) is 13.1. The molecule has 6 heteroatoms. The van der Waals surface area contributed by atoms with Crippen molar-refractivity contribution >= 4 is 6.03 Å². The summed E-state index contributed by atoms with van der Waals surface area (Å²) in [5.74, 6) is 2.28. The number of carbonyl (C=O) groups excluding carboxylic acids is 1. The number of rotatable bonds is 6. The largest absolute Gasteiger partial charge is 0.487 e. The van der Waals surface area contributed by atoms with Crippen LogP contribution in [0.1, 0.15) is 18.4 Å². The van der Waals surface area contributed by atoms with Gasteiger partial charge in [-0.2, -0.15) is 0 Å². The van der Waals surface area contributed by atoms with Crippen molar-refractivity contribution in [3.05, 3.63) is 48.2 Å². The number of hydrogen-bond donors (Lipinski definition) is 1. The first-order chi connectivity index (χ1) is 10.5. The quantitative estimate of drug-likeness (QED) is 0.890. The van der Waals surface area contributed by atoms with Crippen LogP contribution in [0.25, 0.3) is 0 Å². The predicted molar refractivity (Wildman–Crippen MR) is 82.6 cm³/mol. The standard InChI is InChI=1S/C16H21N3O3/c1-12-6-7-15(21-12)11-19(3)16(20)18-9-13(2)22-14-5-4-8-17-10-14/h4-8,10,13H,9,11H2,1-3H3,(H,18,20)/t13-/m1/s1. The Morgan fingerprint density at radius 3 is 2.91 bits per heavy atom. The molecule has 0 saturated carbocycles. The molecule has 0 bridgehead atoms. The van der Waals surface area contributed by atoms with E-state index in [2.05, 4.69) is 10.3 Å². The highest BCUT2D eigenvalue weighted by molar-refractivity contribution is 5.73. The summed E-state index contributed by atoms with van der Waals surface area (Å²) in [6.07, 6.45) is 3.18. The van der Waals surface area contributed by atoms with Crippen molar-refractivity contribution in [2.75, 3.05) is 13.6 Å². The van der Waals surface area contributed by atoms with Gasteiger partial charge in [0.15, 0.2) is 0 Å². The predicted octanol–water partition coefficient (Wildman–Crippen LogP) is 2.59. The van der Waals surface area contributed by atoms with Gasteiger partial charge in [0.05, 0.1) is 19.3 Å². The second kappa shape index (κ2) is 7.49. The number of amides is 2. The highest BCUT2D eigenvalue weighted by Crippen LogP contribution is 2.10. The normalized spacial score (nSPS) is 11.8. The Hall–Kier alpha value is -2.50. The van der Waals surface area contributed by atoms with Gasteiger partial charge in [-0.25, -0.2) is 4.79 Å². The van der Waals surface area contributed by atoms with E-state index < -0.39 is 0 Å². The summed E-state index contributed by atoms with van der Waals surface area (Å²) >= 11 is 0. The summed E-state index contributed by atoms with van der Waals surface area (Å²) in [6.45, 7) is 4.61.